The van der Waals surface area contributed by atoms with Gasteiger partial charge in [-0.3, -0.25) is 4.79 Å². The molecule has 0 aliphatic carbocycles. The summed E-state index contributed by atoms with van der Waals surface area (Å²) in [6.07, 6.45) is 0. The molecule has 0 aliphatic heterocycles. The minimum atomic E-state index is -0.296. The van der Waals surface area contributed by atoms with Crippen LogP contribution in [0, 0.1) is 5.82 Å². The minimum Gasteiger partial charge on any atom is -0.496 e. The largest absolute Gasteiger partial charge is 0.496 e. The Hall–Kier alpha value is -2.40. The number of methoxy groups -OCH3 is 1. The zero-order chi connectivity index (χ0) is 16.7. The molecular formula is C18H20FNO3. The Balaban J connectivity index is 2.04. The number of rotatable bonds is 7. The molecule has 0 spiro atoms. The van der Waals surface area contributed by atoms with E-state index in [9.17, 15) is 9.18 Å². The number of benzene rings is 2. The zero-order valence-electron chi connectivity index (χ0n) is 13.3. The predicted molar refractivity (Wildman–Crippen MR) is 85.9 cm³/mol. The molecule has 2 rings (SSSR count). The van der Waals surface area contributed by atoms with Crippen molar-refractivity contribution in [2.45, 2.75) is 20.1 Å². The summed E-state index contributed by atoms with van der Waals surface area (Å²) in [5.74, 6) is 0.194. The monoisotopic (exact) mass is 317 g/mol. The summed E-state index contributed by atoms with van der Waals surface area (Å²) in [5, 5.41) is 2.81. The van der Waals surface area contributed by atoms with Crippen molar-refractivity contribution >= 4 is 5.91 Å². The Morgan fingerprint density at radius 2 is 1.91 bits per heavy atom. The van der Waals surface area contributed by atoms with E-state index in [-0.39, 0.29) is 11.7 Å². The molecule has 2 aromatic rings. The van der Waals surface area contributed by atoms with Gasteiger partial charge in [0.25, 0.3) is 5.91 Å². The van der Waals surface area contributed by atoms with Crippen LogP contribution in [0.5, 0.6) is 5.75 Å². The molecule has 0 aliphatic rings. The molecule has 0 saturated heterocycles. The molecule has 0 heterocycles. The lowest BCUT2D eigenvalue weighted by atomic mass is 10.1. The summed E-state index contributed by atoms with van der Waals surface area (Å²) < 4.78 is 23.5. The van der Waals surface area contributed by atoms with Crippen molar-refractivity contribution in [3.63, 3.8) is 0 Å². The van der Waals surface area contributed by atoms with E-state index in [0.717, 1.165) is 11.1 Å². The van der Waals surface area contributed by atoms with Gasteiger partial charge in [-0.15, -0.1) is 0 Å². The highest BCUT2D eigenvalue weighted by Gasteiger charge is 2.10. The number of amides is 1. The molecule has 0 bridgehead atoms. The van der Waals surface area contributed by atoms with Crippen molar-refractivity contribution in [3.8, 4) is 5.75 Å². The minimum absolute atomic E-state index is 0.199. The van der Waals surface area contributed by atoms with E-state index < -0.39 is 0 Å². The number of ether oxygens (including phenoxy) is 2. The number of hydrogen-bond donors (Lipinski definition) is 1. The van der Waals surface area contributed by atoms with Crippen LogP contribution < -0.4 is 10.1 Å². The molecule has 122 valence electrons. The highest BCUT2D eigenvalue weighted by Crippen LogP contribution is 2.21. The standard InChI is InChI=1S/C18H20FNO3/c1-3-23-12-15-10-14(6-9-17(15)22-2)18(21)20-11-13-4-7-16(19)8-5-13/h4-10H,3,11-12H2,1-2H3,(H,20,21). The van der Waals surface area contributed by atoms with Gasteiger partial charge in [0.1, 0.15) is 11.6 Å². The smallest absolute Gasteiger partial charge is 0.251 e. The average molecular weight is 317 g/mol. The number of carbonyl (C=O) groups excluding carboxylic acids is 1. The van der Waals surface area contributed by atoms with Gasteiger partial charge in [-0.2, -0.15) is 0 Å². The molecule has 5 heteroatoms. The van der Waals surface area contributed by atoms with Gasteiger partial charge in [0.2, 0.25) is 0 Å². The number of carbonyl (C=O) groups is 1. The summed E-state index contributed by atoms with van der Waals surface area (Å²) >= 11 is 0. The molecule has 0 saturated carbocycles. The Kier molecular flexibility index (Phi) is 6.11. The fourth-order valence-corrected chi connectivity index (χ4v) is 2.13. The second-order valence-corrected chi connectivity index (χ2v) is 4.97. The van der Waals surface area contributed by atoms with Crippen LogP contribution in [0.15, 0.2) is 42.5 Å². The fraction of sp³-hybridized carbons (Fsp3) is 0.278. The molecular weight excluding hydrogens is 297 g/mol. The van der Waals surface area contributed by atoms with E-state index >= 15 is 0 Å². The highest BCUT2D eigenvalue weighted by molar-refractivity contribution is 5.94. The van der Waals surface area contributed by atoms with Crippen LogP contribution in [0.1, 0.15) is 28.4 Å². The van der Waals surface area contributed by atoms with E-state index in [2.05, 4.69) is 5.32 Å². The molecule has 0 radical (unpaired) electrons. The van der Waals surface area contributed by atoms with Crippen molar-refractivity contribution in [2.24, 2.45) is 0 Å². The van der Waals surface area contributed by atoms with Crippen molar-refractivity contribution in [3.05, 3.63) is 65.0 Å². The van der Waals surface area contributed by atoms with Gasteiger partial charge in [-0.05, 0) is 42.8 Å². The molecule has 4 nitrogen and oxygen atoms in total. The number of nitrogens with one attached hydrogen (secondary N) is 1. The SMILES string of the molecule is CCOCc1cc(C(=O)NCc2ccc(F)cc2)ccc1OC. The van der Waals surface area contributed by atoms with Crippen molar-refractivity contribution in [1.82, 2.24) is 5.32 Å². The van der Waals surface area contributed by atoms with E-state index in [1.54, 1.807) is 37.4 Å². The molecule has 1 N–H and O–H groups in total. The third-order valence-electron chi connectivity index (χ3n) is 3.37. The topological polar surface area (TPSA) is 47.6 Å². The first-order chi connectivity index (χ1) is 11.1. The van der Waals surface area contributed by atoms with Gasteiger partial charge < -0.3 is 14.8 Å². The van der Waals surface area contributed by atoms with E-state index in [4.69, 9.17) is 9.47 Å². The maximum Gasteiger partial charge on any atom is 0.251 e. The molecule has 0 aromatic heterocycles. The van der Waals surface area contributed by atoms with Gasteiger partial charge in [0.05, 0.1) is 13.7 Å². The summed E-state index contributed by atoms with van der Waals surface area (Å²) in [6, 6.07) is 11.2. The summed E-state index contributed by atoms with van der Waals surface area (Å²) in [7, 11) is 1.58. The fourth-order valence-electron chi connectivity index (χ4n) is 2.13. The lowest BCUT2D eigenvalue weighted by Gasteiger charge is -2.11. The zero-order valence-corrected chi connectivity index (χ0v) is 13.3. The molecule has 0 atom stereocenters. The van der Waals surface area contributed by atoms with Crippen LogP contribution in [0.3, 0.4) is 0 Å². The third kappa shape index (κ3) is 4.79. The number of hydrogen-bond acceptors (Lipinski definition) is 3. The molecule has 1 amide bonds. The van der Waals surface area contributed by atoms with Gasteiger partial charge in [-0.1, -0.05) is 12.1 Å². The van der Waals surface area contributed by atoms with Gasteiger partial charge in [0, 0.05) is 24.3 Å². The Morgan fingerprint density at radius 1 is 1.17 bits per heavy atom. The summed E-state index contributed by atoms with van der Waals surface area (Å²) in [4.78, 5) is 12.2. The maximum absolute atomic E-state index is 12.9. The summed E-state index contributed by atoms with van der Waals surface area (Å²) in [5.41, 5.74) is 2.19. The molecule has 23 heavy (non-hydrogen) atoms. The molecule has 0 fully saturated rings. The average Bonchev–Trinajstić information content (AvgIpc) is 2.58. The van der Waals surface area contributed by atoms with Crippen LogP contribution in [0.4, 0.5) is 4.39 Å². The Bertz CT molecular complexity index is 656. The van der Waals surface area contributed by atoms with Crippen molar-refractivity contribution in [1.29, 1.82) is 0 Å². The van der Waals surface area contributed by atoms with E-state index in [0.29, 0.717) is 31.1 Å². The van der Waals surface area contributed by atoms with Crippen LogP contribution >= 0.6 is 0 Å². The summed E-state index contributed by atoms with van der Waals surface area (Å²) in [6.45, 7) is 3.22. The normalized spacial score (nSPS) is 10.4. The molecule has 0 unspecified atom stereocenters. The third-order valence-corrected chi connectivity index (χ3v) is 3.37. The van der Waals surface area contributed by atoms with Crippen LogP contribution in [-0.2, 0) is 17.9 Å². The van der Waals surface area contributed by atoms with Crippen molar-refractivity contribution < 1.29 is 18.7 Å². The Morgan fingerprint density at radius 3 is 2.57 bits per heavy atom. The van der Waals surface area contributed by atoms with Gasteiger partial charge in [0.15, 0.2) is 0 Å². The van der Waals surface area contributed by atoms with E-state index in [1.165, 1.54) is 12.1 Å². The van der Waals surface area contributed by atoms with Crippen molar-refractivity contribution in [2.75, 3.05) is 13.7 Å². The van der Waals surface area contributed by atoms with Crippen LogP contribution in [0.2, 0.25) is 0 Å². The highest BCUT2D eigenvalue weighted by atomic mass is 19.1. The van der Waals surface area contributed by atoms with Gasteiger partial charge in [-0.25, -0.2) is 4.39 Å². The lowest BCUT2D eigenvalue weighted by Crippen LogP contribution is -2.23. The van der Waals surface area contributed by atoms with Gasteiger partial charge >= 0.3 is 0 Å². The van der Waals surface area contributed by atoms with Crippen LogP contribution in [0.25, 0.3) is 0 Å². The first kappa shape index (κ1) is 17.0. The number of halogens is 1. The maximum atomic E-state index is 12.9. The van der Waals surface area contributed by atoms with Crippen LogP contribution in [-0.4, -0.2) is 19.6 Å². The first-order valence-corrected chi connectivity index (χ1v) is 7.41. The second-order valence-electron chi connectivity index (χ2n) is 4.97. The lowest BCUT2D eigenvalue weighted by molar-refractivity contribution is 0.0950. The quantitative estimate of drug-likeness (QED) is 0.852. The van der Waals surface area contributed by atoms with E-state index in [1.807, 2.05) is 6.92 Å². The second kappa shape index (κ2) is 8.29. The molecule has 2 aromatic carbocycles. The Labute approximate surface area is 135 Å². The first-order valence-electron chi connectivity index (χ1n) is 7.41. The predicted octanol–water partition coefficient (Wildman–Crippen LogP) is 3.30.